The minimum Gasteiger partial charge on any atom is -0.366 e. The van der Waals surface area contributed by atoms with Gasteiger partial charge in [0.25, 0.3) is 0 Å². The third-order valence-electron chi connectivity index (χ3n) is 3.80. The van der Waals surface area contributed by atoms with E-state index < -0.39 is 5.91 Å². The second-order valence-electron chi connectivity index (χ2n) is 5.31. The molecule has 1 amide bonds. The number of hydrogen-bond acceptors (Lipinski definition) is 2. The van der Waals surface area contributed by atoms with Gasteiger partial charge >= 0.3 is 0 Å². The van der Waals surface area contributed by atoms with Crippen LogP contribution in [0.2, 0.25) is 0 Å². The SMILES string of the molecule is NC(=O)c1ccc(F)c(CNCC2CCCCC2)c1. The molecule has 1 fully saturated rings. The van der Waals surface area contributed by atoms with Crippen molar-refractivity contribution in [3.63, 3.8) is 0 Å². The molecule has 104 valence electrons. The molecule has 0 unspecified atom stereocenters. The van der Waals surface area contributed by atoms with E-state index in [0.29, 0.717) is 23.6 Å². The number of carbonyl (C=O) groups is 1. The molecule has 0 aliphatic heterocycles. The van der Waals surface area contributed by atoms with E-state index in [2.05, 4.69) is 5.32 Å². The Morgan fingerprint density at radius 3 is 2.74 bits per heavy atom. The van der Waals surface area contributed by atoms with Crippen LogP contribution in [0, 0.1) is 11.7 Å². The topological polar surface area (TPSA) is 55.1 Å². The quantitative estimate of drug-likeness (QED) is 0.859. The van der Waals surface area contributed by atoms with Crippen molar-refractivity contribution in [3.8, 4) is 0 Å². The summed E-state index contributed by atoms with van der Waals surface area (Å²) in [5.74, 6) is -0.106. The van der Waals surface area contributed by atoms with Crippen LogP contribution >= 0.6 is 0 Å². The maximum absolute atomic E-state index is 13.6. The van der Waals surface area contributed by atoms with Gasteiger partial charge in [-0.15, -0.1) is 0 Å². The number of primary amides is 1. The summed E-state index contributed by atoms with van der Waals surface area (Å²) >= 11 is 0. The molecule has 4 heteroatoms. The molecule has 19 heavy (non-hydrogen) atoms. The van der Waals surface area contributed by atoms with Crippen LogP contribution in [0.5, 0.6) is 0 Å². The predicted octanol–water partition coefficient (Wildman–Crippen LogP) is 2.59. The fourth-order valence-electron chi connectivity index (χ4n) is 2.67. The van der Waals surface area contributed by atoms with E-state index in [-0.39, 0.29) is 5.82 Å². The van der Waals surface area contributed by atoms with Crippen molar-refractivity contribution in [1.82, 2.24) is 5.32 Å². The van der Waals surface area contributed by atoms with E-state index in [1.807, 2.05) is 0 Å². The molecule has 1 aromatic carbocycles. The molecule has 0 bridgehead atoms. The number of rotatable bonds is 5. The predicted molar refractivity (Wildman–Crippen MR) is 73.2 cm³/mol. The molecule has 3 nitrogen and oxygen atoms in total. The van der Waals surface area contributed by atoms with Crippen LogP contribution in [0.3, 0.4) is 0 Å². The third kappa shape index (κ3) is 4.03. The summed E-state index contributed by atoms with van der Waals surface area (Å²) in [4.78, 5) is 11.1. The average Bonchev–Trinajstić information content (AvgIpc) is 2.42. The fraction of sp³-hybridized carbons (Fsp3) is 0.533. The van der Waals surface area contributed by atoms with Gasteiger partial charge in [-0.3, -0.25) is 4.79 Å². The first-order valence-electron chi connectivity index (χ1n) is 6.96. The number of carbonyl (C=O) groups excluding carboxylic acids is 1. The normalized spacial score (nSPS) is 16.5. The molecule has 0 aromatic heterocycles. The van der Waals surface area contributed by atoms with Crippen LogP contribution < -0.4 is 11.1 Å². The number of benzene rings is 1. The zero-order valence-electron chi connectivity index (χ0n) is 11.1. The largest absolute Gasteiger partial charge is 0.366 e. The highest BCUT2D eigenvalue weighted by Gasteiger charge is 2.13. The molecule has 1 aromatic rings. The lowest BCUT2D eigenvalue weighted by Gasteiger charge is -2.21. The molecule has 0 heterocycles. The van der Waals surface area contributed by atoms with Gasteiger partial charge in [-0.1, -0.05) is 19.3 Å². The Bertz CT molecular complexity index is 442. The zero-order chi connectivity index (χ0) is 13.7. The highest BCUT2D eigenvalue weighted by atomic mass is 19.1. The molecule has 1 aliphatic carbocycles. The fourth-order valence-corrected chi connectivity index (χ4v) is 2.67. The summed E-state index contributed by atoms with van der Waals surface area (Å²) in [6.07, 6.45) is 6.47. The smallest absolute Gasteiger partial charge is 0.248 e. The first kappa shape index (κ1) is 14.0. The minimum atomic E-state index is -0.520. The van der Waals surface area contributed by atoms with E-state index in [1.54, 1.807) is 0 Å². The average molecular weight is 264 g/mol. The molecular weight excluding hydrogens is 243 g/mol. The Kier molecular flexibility index (Phi) is 4.91. The lowest BCUT2D eigenvalue weighted by Crippen LogP contribution is -2.24. The highest BCUT2D eigenvalue weighted by molar-refractivity contribution is 5.92. The second-order valence-corrected chi connectivity index (χ2v) is 5.31. The number of halogens is 1. The Hall–Kier alpha value is -1.42. The van der Waals surface area contributed by atoms with Crippen molar-refractivity contribution in [2.24, 2.45) is 11.7 Å². The summed E-state index contributed by atoms with van der Waals surface area (Å²) in [6.45, 7) is 1.36. The molecule has 2 rings (SSSR count). The number of nitrogens with two attached hydrogens (primary N) is 1. The summed E-state index contributed by atoms with van der Waals surface area (Å²) in [6, 6.07) is 4.26. The van der Waals surface area contributed by atoms with Gasteiger partial charge in [-0.25, -0.2) is 4.39 Å². The monoisotopic (exact) mass is 264 g/mol. The van der Waals surface area contributed by atoms with Gasteiger partial charge in [0.05, 0.1) is 0 Å². The van der Waals surface area contributed by atoms with Gasteiger partial charge < -0.3 is 11.1 Å². The summed E-state index contributed by atoms with van der Waals surface area (Å²) in [5.41, 5.74) is 6.06. The van der Waals surface area contributed by atoms with E-state index in [9.17, 15) is 9.18 Å². The first-order valence-corrected chi connectivity index (χ1v) is 6.96. The highest BCUT2D eigenvalue weighted by Crippen LogP contribution is 2.22. The molecule has 3 N–H and O–H groups in total. The van der Waals surface area contributed by atoms with Gasteiger partial charge in [-0.05, 0) is 43.5 Å². The van der Waals surface area contributed by atoms with Crippen LogP contribution in [-0.2, 0) is 6.54 Å². The number of nitrogens with one attached hydrogen (secondary N) is 1. The van der Waals surface area contributed by atoms with Gasteiger partial charge in [0.15, 0.2) is 0 Å². The van der Waals surface area contributed by atoms with Gasteiger partial charge in [-0.2, -0.15) is 0 Å². The summed E-state index contributed by atoms with van der Waals surface area (Å²) in [7, 11) is 0. The summed E-state index contributed by atoms with van der Waals surface area (Å²) in [5, 5.41) is 3.29. The zero-order valence-corrected chi connectivity index (χ0v) is 11.1. The molecule has 0 atom stereocenters. The van der Waals surface area contributed by atoms with E-state index >= 15 is 0 Å². The van der Waals surface area contributed by atoms with Crippen molar-refractivity contribution in [1.29, 1.82) is 0 Å². The van der Waals surface area contributed by atoms with Crippen LogP contribution in [0.4, 0.5) is 4.39 Å². The molecule has 1 saturated carbocycles. The van der Waals surface area contributed by atoms with Gasteiger partial charge in [0.2, 0.25) is 5.91 Å². The second kappa shape index (κ2) is 6.66. The van der Waals surface area contributed by atoms with Crippen molar-refractivity contribution < 1.29 is 9.18 Å². The maximum atomic E-state index is 13.6. The standard InChI is InChI=1S/C15H21FN2O/c16-14-7-6-12(15(17)19)8-13(14)10-18-9-11-4-2-1-3-5-11/h6-8,11,18H,1-5,9-10H2,(H2,17,19). The Morgan fingerprint density at radius 2 is 2.05 bits per heavy atom. The Labute approximate surface area is 113 Å². The molecule has 1 aliphatic rings. The van der Waals surface area contributed by atoms with Gasteiger partial charge in [0, 0.05) is 17.7 Å². The summed E-state index contributed by atoms with van der Waals surface area (Å²) < 4.78 is 13.6. The van der Waals surface area contributed by atoms with Crippen molar-refractivity contribution in [3.05, 3.63) is 35.1 Å². The lowest BCUT2D eigenvalue weighted by molar-refractivity contribution is 0.1000. The lowest BCUT2D eigenvalue weighted by atomic mass is 9.89. The van der Waals surface area contributed by atoms with Crippen LogP contribution in [0.25, 0.3) is 0 Å². The Balaban J connectivity index is 1.87. The molecule has 0 radical (unpaired) electrons. The third-order valence-corrected chi connectivity index (χ3v) is 3.80. The van der Waals surface area contributed by atoms with Crippen LogP contribution in [0.15, 0.2) is 18.2 Å². The minimum absolute atomic E-state index is 0.291. The molecular formula is C15H21FN2O. The molecule has 0 spiro atoms. The van der Waals surface area contributed by atoms with Crippen molar-refractivity contribution >= 4 is 5.91 Å². The first-order chi connectivity index (χ1) is 9.16. The molecule has 0 saturated heterocycles. The van der Waals surface area contributed by atoms with E-state index in [4.69, 9.17) is 5.73 Å². The Morgan fingerprint density at radius 1 is 1.32 bits per heavy atom. The number of amides is 1. The van der Waals surface area contributed by atoms with Crippen molar-refractivity contribution in [2.45, 2.75) is 38.6 Å². The van der Waals surface area contributed by atoms with E-state index in [1.165, 1.54) is 50.3 Å². The van der Waals surface area contributed by atoms with Gasteiger partial charge in [0.1, 0.15) is 5.82 Å². The van der Waals surface area contributed by atoms with Crippen molar-refractivity contribution in [2.75, 3.05) is 6.54 Å². The van der Waals surface area contributed by atoms with E-state index in [0.717, 1.165) is 6.54 Å². The maximum Gasteiger partial charge on any atom is 0.248 e. The number of hydrogen-bond donors (Lipinski definition) is 2. The van der Waals surface area contributed by atoms with Crippen LogP contribution in [-0.4, -0.2) is 12.5 Å². The van der Waals surface area contributed by atoms with Crippen LogP contribution in [0.1, 0.15) is 48.0 Å².